The molecule has 0 unspecified atom stereocenters. The van der Waals surface area contributed by atoms with E-state index in [1.54, 1.807) is 0 Å². The molecular formula is C54H34N4. The van der Waals surface area contributed by atoms with Gasteiger partial charge in [-0.15, -0.1) is 0 Å². The van der Waals surface area contributed by atoms with Gasteiger partial charge in [0.05, 0.1) is 33.1 Å². The van der Waals surface area contributed by atoms with Crippen LogP contribution in [0, 0.1) is 0 Å². The normalized spacial score (nSPS) is 12.1. The number of aromatic amines is 1. The molecule has 0 saturated carbocycles. The van der Waals surface area contributed by atoms with E-state index in [2.05, 4.69) is 219 Å². The molecule has 0 saturated heterocycles. The maximum Gasteiger partial charge on any atom is 0.0562 e. The molecule has 58 heavy (non-hydrogen) atoms. The summed E-state index contributed by atoms with van der Waals surface area (Å²) < 4.78 is 7.22. The number of nitrogens with one attached hydrogen (secondary N) is 1. The molecule has 4 aromatic heterocycles. The quantitative estimate of drug-likeness (QED) is 0.186. The van der Waals surface area contributed by atoms with E-state index in [9.17, 15) is 0 Å². The molecule has 4 heteroatoms. The first-order valence-electron chi connectivity index (χ1n) is 19.9. The summed E-state index contributed by atoms with van der Waals surface area (Å²) >= 11 is 0. The molecule has 1 N–H and O–H groups in total. The molecule has 13 rings (SSSR count). The van der Waals surface area contributed by atoms with E-state index in [0.717, 1.165) is 28.1 Å². The van der Waals surface area contributed by atoms with Crippen molar-refractivity contribution < 1.29 is 0 Å². The zero-order valence-corrected chi connectivity index (χ0v) is 31.4. The second-order valence-electron chi connectivity index (χ2n) is 15.5. The fourth-order valence-corrected chi connectivity index (χ4v) is 9.77. The summed E-state index contributed by atoms with van der Waals surface area (Å²) in [6.07, 6.45) is 0. The van der Waals surface area contributed by atoms with Gasteiger partial charge >= 0.3 is 0 Å². The van der Waals surface area contributed by atoms with Crippen molar-refractivity contribution in [2.75, 3.05) is 0 Å². The van der Waals surface area contributed by atoms with E-state index in [0.29, 0.717) is 0 Å². The lowest BCUT2D eigenvalue weighted by Gasteiger charge is -2.10. The highest BCUT2D eigenvalue weighted by molar-refractivity contribution is 6.21. The van der Waals surface area contributed by atoms with Crippen molar-refractivity contribution in [2.24, 2.45) is 0 Å². The average molecular weight is 739 g/mol. The molecule has 0 amide bonds. The molecule has 0 radical (unpaired) electrons. The largest absolute Gasteiger partial charge is 0.354 e. The van der Waals surface area contributed by atoms with Gasteiger partial charge in [-0.2, -0.15) is 0 Å². The van der Waals surface area contributed by atoms with Gasteiger partial charge in [-0.3, -0.25) is 0 Å². The first-order valence-corrected chi connectivity index (χ1v) is 19.9. The minimum absolute atomic E-state index is 1.14. The third kappa shape index (κ3) is 4.40. The van der Waals surface area contributed by atoms with E-state index in [1.807, 2.05) is 0 Å². The van der Waals surface area contributed by atoms with E-state index in [-0.39, 0.29) is 0 Å². The molecule has 0 fully saturated rings. The van der Waals surface area contributed by atoms with Gasteiger partial charge in [-0.25, -0.2) is 0 Å². The number of aromatic nitrogens is 4. The number of para-hydroxylation sites is 5. The smallest absolute Gasteiger partial charge is 0.0562 e. The number of H-pyrrole nitrogens is 1. The number of hydrogen-bond donors (Lipinski definition) is 1. The summed E-state index contributed by atoms with van der Waals surface area (Å²) in [5, 5.41) is 9.98. The third-order valence-electron chi connectivity index (χ3n) is 12.3. The topological polar surface area (TPSA) is 30.6 Å². The molecule has 0 atom stereocenters. The number of nitrogens with zero attached hydrogens (tertiary/aromatic N) is 3. The van der Waals surface area contributed by atoms with Crippen LogP contribution in [-0.4, -0.2) is 18.7 Å². The van der Waals surface area contributed by atoms with Crippen molar-refractivity contribution in [3.8, 4) is 28.2 Å². The van der Waals surface area contributed by atoms with Crippen LogP contribution in [0.4, 0.5) is 0 Å². The van der Waals surface area contributed by atoms with E-state index >= 15 is 0 Å². The Bertz CT molecular complexity index is 3770. The monoisotopic (exact) mass is 738 g/mol. The highest BCUT2D eigenvalue weighted by Gasteiger charge is 2.20. The highest BCUT2D eigenvalue weighted by Crippen LogP contribution is 2.42. The zero-order valence-electron chi connectivity index (χ0n) is 31.4. The maximum absolute atomic E-state index is 3.77. The molecule has 270 valence electrons. The Morgan fingerprint density at radius 2 is 0.638 bits per heavy atom. The predicted molar refractivity (Wildman–Crippen MR) is 244 cm³/mol. The van der Waals surface area contributed by atoms with Crippen LogP contribution in [-0.2, 0) is 0 Å². The molecule has 0 spiro atoms. The second-order valence-corrected chi connectivity index (χ2v) is 15.5. The number of hydrogen-bond acceptors (Lipinski definition) is 0. The lowest BCUT2D eigenvalue weighted by molar-refractivity contribution is 1.16. The Morgan fingerprint density at radius 1 is 0.241 bits per heavy atom. The van der Waals surface area contributed by atoms with E-state index < -0.39 is 0 Å². The van der Waals surface area contributed by atoms with Gasteiger partial charge in [0.2, 0.25) is 0 Å². The molecule has 0 aliphatic heterocycles. The van der Waals surface area contributed by atoms with Gasteiger partial charge in [0, 0.05) is 71.2 Å². The fraction of sp³-hybridized carbons (Fsp3) is 0. The summed E-state index contributed by atoms with van der Waals surface area (Å²) in [7, 11) is 0. The van der Waals surface area contributed by atoms with Crippen LogP contribution in [0.2, 0.25) is 0 Å². The van der Waals surface area contributed by atoms with Crippen LogP contribution in [0.25, 0.3) is 115 Å². The Morgan fingerprint density at radius 3 is 1.21 bits per heavy atom. The second kappa shape index (κ2) is 11.8. The number of rotatable bonds is 4. The molecule has 4 nitrogen and oxygen atoms in total. The highest BCUT2D eigenvalue weighted by atomic mass is 15.0. The fourth-order valence-electron chi connectivity index (χ4n) is 9.77. The molecule has 13 aromatic rings. The van der Waals surface area contributed by atoms with Gasteiger partial charge < -0.3 is 18.7 Å². The van der Waals surface area contributed by atoms with Crippen LogP contribution >= 0.6 is 0 Å². The summed E-state index contributed by atoms with van der Waals surface area (Å²) in [6.45, 7) is 0. The van der Waals surface area contributed by atoms with Crippen molar-refractivity contribution in [1.29, 1.82) is 0 Å². The molecule has 0 aliphatic carbocycles. The van der Waals surface area contributed by atoms with Crippen LogP contribution in [0.1, 0.15) is 0 Å². The summed E-state index contributed by atoms with van der Waals surface area (Å²) in [5.74, 6) is 0. The third-order valence-corrected chi connectivity index (χ3v) is 12.3. The van der Waals surface area contributed by atoms with Gasteiger partial charge in [0.25, 0.3) is 0 Å². The molecule has 4 heterocycles. The molecule has 9 aromatic carbocycles. The van der Waals surface area contributed by atoms with Crippen LogP contribution in [0.5, 0.6) is 0 Å². The summed E-state index contributed by atoms with van der Waals surface area (Å²) in [4.78, 5) is 3.77. The van der Waals surface area contributed by atoms with Crippen molar-refractivity contribution in [3.05, 3.63) is 200 Å². The van der Waals surface area contributed by atoms with Crippen molar-refractivity contribution in [3.63, 3.8) is 0 Å². The average Bonchev–Trinajstić information content (AvgIpc) is 4.01. The van der Waals surface area contributed by atoms with Gasteiger partial charge in [0.15, 0.2) is 0 Å². The van der Waals surface area contributed by atoms with Crippen LogP contribution in [0.3, 0.4) is 0 Å². The van der Waals surface area contributed by atoms with Crippen molar-refractivity contribution >= 4 is 87.2 Å². The number of fused-ring (bicyclic) bond motifs is 12. The maximum atomic E-state index is 3.77. The predicted octanol–water partition coefficient (Wildman–Crippen LogP) is 14.3. The van der Waals surface area contributed by atoms with Crippen LogP contribution in [0.15, 0.2) is 200 Å². The van der Waals surface area contributed by atoms with Gasteiger partial charge in [-0.05, 0) is 108 Å². The van der Waals surface area contributed by atoms with Gasteiger partial charge in [-0.1, -0.05) is 103 Å². The SMILES string of the molecule is c1ccc(-n2c3ccccc3c3cc4c(cc32)[nH]c2ccc(-c3ccc5c(c3)c3cc6c7ccccc7n(-c7ccccc7)c6cc3n5-c3ccccc3)cc24)cc1. The summed E-state index contributed by atoms with van der Waals surface area (Å²) in [5.41, 5.74) is 15.4. The van der Waals surface area contributed by atoms with Crippen molar-refractivity contribution in [2.45, 2.75) is 0 Å². The van der Waals surface area contributed by atoms with Gasteiger partial charge in [0.1, 0.15) is 0 Å². The number of benzene rings is 9. The molecule has 0 bridgehead atoms. The van der Waals surface area contributed by atoms with Crippen LogP contribution < -0.4 is 0 Å². The lowest BCUT2D eigenvalue weighted by Crippen LogP contribution is -1.95. The molecule has 0 aliphatic rings. The Labute approximate surface area is 333 Å². The minimum Gasteiger partial charge on any atom is -0.354 e. The summed E-state index contributed by atoms with van der Waals surface area (Å²) in [6, 6.07) is 73.2. The standard InChI is InChI=1S/C54H34N4/c1-4-14-36(15-5-1)56-49-22-12-10-20-39(49)44-30-42-41-28-34(24-26-47(41)55-48(42)32-52(44)56)35-25-27-51-43(29-35)46-31-45-40-21-11-13-23-50(40)57(37-16-6-2-7-17-37)53(45)33-54(46)58(51)38-18-8-3-9-19-38/h1-33,55H. The molecular weight excluding hydrogens is 705 g/mol. The van der Waals surface area contributed by atoms with Crippen molar-refractivity contribution in [1.82, 2.24) is 18.7 Å². The Hall–Kier alpha value is -7.82. The Balaban J connectivity index is 1.04. The van der Waals surface area contributed by atoms with E-state index in [4.69, 9.17) is 0 Å². The Kier molecular flexibility index (Phi) is 6.41. The lowest BCUT2D eigenvalue weighted by atomic mass is 10.00. The first kappa shape index (κ1) is 31.4. The zero-order chi connectivity index (χ0) is 37.9. The van der Waals surface area contributed by atoms with E-state index in [1.165, 1.54) is 87.3 Å². The minimum atomic E-state index is 1.14. The first-order chi connectivity index (χ1) is 28.8.